The summed E-state index contributed by atoms with van der Waals surface area (Å²) >= 11 is 0. The number of benzene rings is 3. The van der Waals surface area contributed by atoms with E-state index in [0.29, 0.717) is 6.42 Å². The van der Waals surface area contributed by atoms with Crippen molar-refractivity contribution in [2.24, 2.45) is 5.92 Å². The number of non-ortho nitro benzene ring substituents is 1. The zero-order valence-electron chi connectivity index (χ0n) is 20.0. The van der Waals surface area contributed by atoms with E-state index >= 15 is 0 Å². The molecule has 0 aliphatic heterocycles. The Bertz CT molecular complexity index is 1210. The maximum atomic E-state index is 12.7. The Balaban J connectivity index is 1.37. The summed E-state index contributed by atoms with van der Waals surface area (Å²) in [6, 6.07) is 21.3. The Morgan fingerprint density at radius 3 is 2.03 bits per heavy atom. The first-order valence-electron chi connectivity index (χ1n) is 11.7. The second-order valence-corrected chi connectivity index (χ2v) is 8.62. The predicted molar refractivity (Wildman–Crippen MR) is 134 cm³/mol. The van der Waals surface area contributed by atoms with Crippen molar-refractivity contribution >= 4 is 17.9 Å². The number of nitrogens with one attached hydrogen (secondary N) is 2. The van der Waals surface area contributed by atoms with Crippen LogP contribution in [-0.4, -0.2) is 29.9 Å². The van der Waals surface area contributed by atoms with Crippen molar-refractivity contribution in [1.29, 1.82) is 0 Å². The topological polar surface area (TPSA) is 120 Å². The molecule has 0 saturated carbocycles. The van der Waals surface area contributed by atoms with Gasteiger partial charge in [0, 0.05) is 18.1 Å². The number of carbonyl (C=O) groups is 2. The second-order valence-electron chi connectivity index (χ2n) is 8.62. The van der Waals surface area contributed by atoms with Crippen molar-refractivity contribution < 1.29 is 24.0 Å². The highest BCUT2D eigenvalue weighted by Gasteiger charge is 2.30. The monoisotopic (exact) mass is 489 g/mol. The van der Waals surface area contributed by atoms with Crippen LogP contribution in [0.3, 0.4) is 0 Å². The summed E-state index contributed by atoms with van der Waals surface area (Å²) in [5.41, 5.74) is 4.37. The summed E-state index contributed by atoms with van der Waals surface area (Å²) in [6.07, 6.45) is -1.52. The molecule has 9 nitrogen and oxygen atoms in total. The smallest absolute Gasteiger partial charge is 0.414 e. The summed E-state index contributed by atoms with van der Waals surface area (Å²) in [7, 11) is 0. The maximum absolute atomic E-state index is 12.7. The van der Waals surface area contributed by atoms with Gasteiger partial charge < -0.3 is 20.1 Å². The molecule has 2 amide bonds. The first-order chi connectivity index (χ1) is 17.4. The second kappa shape index (κ2) is 10.9. The number of fused-ring (bicyclic) bond motifs is 3. The van der Waals surface area contributed by atoms with Gasteiger partial charge in [0.15, 0.2) is 0 Å². The Morgan fingerprint density at radius 2 is 1.47 bits per heavy atom. The van der Waals surface area contributed by atoms with Gasteiger partial charge in [0.05, 0.1) is 4.92 Å². The Morgan fingerprint density at radius 1 is 0.917 bits per heavy atom. The standard InChI is InChI=1S/C27H27N3O6/c1-3-17(2)25(29-27(32)36-19-14-12-18(13-15-19)30(33)34)28-26(31)35-16-24-22-10-6-4-8-20(22)21-9-5-7-11-23(21)24/h4-15,17,24-25H,3,16H2,1-2H3,(H,28,31)(H,29,32)/t17-,25-/m1/s1. The highest BCUT2D eigenvalue weighted by molar-refractivity contribution is 5.79. The van der Waals surface area contributed by atoms with Crippen LogP contribution < -0.4 is 15.4 Å². The third-order valence-corrected chi connectivity index (χ3v) is 6.36. The molecular weight excluding hydrogens is 462 g/mol. The highest BCUT2D eigenvalue weighted by atomic mass is 16.6. The molecule has 1 aliphatic rings. The molecule has 0 bridgehead atoms. The van der Waals surface area contributed by atoms with Gasteiger partial charge in [-0.15, -0.1) is 0 Å². The number of amides is 2. The van der Waals surface area contributed by atoms with Crippen LogP contribution in [0.1, 0.15) is 37.3 Å². The average Bonchev–Trinajstić information content (AvgIpc) is 3.20. The first-order valence-corrected chi connectivity index (χ1v) is 11.7. The van der Waals surface area contributed by atoms with Crippen molar-refractivity contribution in [3.8, 4) is 16.9 Å². The lowest BCUT2D eigenvalue weighted by atomic mass is 9.98. The van der Waals surface area contributed by atoms with Crippen LogP contribution in [-0.2, 0) is 4.74 Å². The van der Waals surface area contributed by atoms with E-state index in [9.17, 15) is 19.7 Å². The molecule has 0 unspecified atom stereocenters. The largest absolute Gasteiger partial charge is 0.449 e. The maximum Gasteiger partial charge on any atom is 0.414 e. The Labute approximate surface area is 208 Å². The van der Waals surface area contributed by atoms with E-state index in [1.165, 1.54) is 24.3 Å². The number of rotatable bonds is 8. The number of nitrogens with zero attached hydrogens (tertiary/aromatic N) is 1. The van der Waals surface area contributed by atoms with Crippen molar-refractivity contribution in [1.82, 2.24) is 10.6 Å². The molecular formula is C27H27N3O6. The third-order valence-electron chi connectivity index (χ3n) is 6.36. The lowest BCUT2D eigenvalue weighted by Gasteiger charge is -2.25. The van der Waals surface area contributed by atoms with Gasteiger partial charge >= 0.3 is 12.2 Å². The van der Waals surface area contributed by atoms with E-state index in [0.717, 1.165) is 22.3 Å². The van der Waals surface area contributed by atoms with Crippen molar-refractivity contribution in [2.45, 2.75) is 32.4 Å². The number of nitro groups is 1. The summed E-state index contributed by atoms with van der Waals surface area (Å²) in [6.45, 7) is 3.96. The molecule has 0 aromatic heterocycles. The van der Waals surface area contributed by atoms with Gasteiger partial charge in [-0.3, -0.25) is 10.1 Å². The van der Waals surface area contributed by atoms with Crippen LogP contribution in [0.2, 0.25) is 0 Å². The molecule has 0 fully saturated rings. The summed E-state index contributed by atoms with van der Waals surface area (Å²) in [4.78, 5) is 35.4. The molecule has 186 valence electrons. The van der Waals surface area contributed by atoms with E-state index in [1.54, 1.807) is 0 Å². The quantitative estimate of drug-likeness (QED) is 0.242. The number of hydrogen-bond acceptors (Lipinski definition) is 6. The fourth-order valence-electron chi connectivity index (χ4n) is 4.22. The zero-order valence-corrected chi connectivity index (χ0v) is 20.0. The summed E-state index contributed by atoms with van der Waals surface area (Å²) in [5, 5.41) is 16.1. The number of ether oxygens (including phenoxy) is 2. The van der Waals surface area contributed by atoms with Gasteiger partial charge in [-0.2, -0.15) is 0 Å². The molecule has 4 rings (SSSR count). The van der Waals surface area contributed by atoms with Crippen LogP contribution in [0.5, 0.6) is 5.75 Å². The number of carbonyl (C=O) groups excluding carboxylic acids is 2. The Kier molecular flexibility index (Phi) is 7.48. The van der Waals surface area contributed by atoms with Gasteiger partial charge in [-0.05, 0) is 46.7 Å². The SMILES string of the molecule is CC[C@@H](C)[C@H](NC(=O)OCC1c2ccccc2-c2ccccc21)NC(=O)Oc1ccc([N+](=O)[O-])cc1. The lowest BCUT2D eigenvalue weighted by molar-refractivity contribution is -0.384. The molecule has 1 aliphatic carbocycles. The van der Waals surface area contributed by atoms with Crippen molar-refractivity contribution in [3.63, 3.8) is 0 Å². The van der Waals surface area contributed by atoms with Crippen LogP contribution in [0.25, 0.3) is 11.1 Å². The van der Waals surface area contributed by atoms with E-state index in [4.69, 9.17) is 9.47 Å². The number of nitro benzene ring substituents is 1. The molecule has 0 radical (unpaired) electrons. The van der Waals surface area contributed by atoms with E-state index in [-0.39, 0.29) is 29.9 Å². The third kappa shape index (κ3) is 5.46. The van der Waals surface area contributed by atoms with Gasteiger partial charge in [0.2, 0.25) is 0 Å². The minimum Gasteiger partial charge on any atom is -0.449 e. The van der Waals surface area contributed by atoms with Crippen molar-refractivity contribution in [3.05, 3.63) is 94.0 Å². The van der Waals surface area contributed by atoms with Crippen LogP contribution in [0, 0.1) is 16.0 Å². The molecule has 3 aromatic rings. The Hall–Kier alpha value is -4.40. The molecule has 9 heteroatoms. The molecule has 2 N–H and O–H groups in total. The molecule has 0 spiro atoms. The molecule has 0 saturated heterocycles. The molecule has 0 heterocycles. The fourth-order valence-corrected chi connectivity index (χ4v) is 4.22. The van der Waals surface area contributed by atoms with Crippen LogP contribution in [0.15, 0.2) is 72.8 Å². The van der Waals surface area contributed by atoms with Gasteiger partial charge in [-0.1, -0.05) is 62.4 Å². The van der Waals surface area contributed by atoms with E-state index in [1.807, 2.05) is 50.2 Å². The predicted octanol–water partition coefficient (Wildman–Crippen LogP) is 5.59. The van der Waals surface area contributed by atoms with Gasteiger partial charge in [-0.25, -0.2) is 9.59 Å². The van der Waals surface area contributed by atoms with Crippen LogP contribution in [0.4, 0.5) is 15.3 Å². The van der Waals surface area contributed by atoms with Gasteiger partial charge in [0.25, 0.3) is 5.69 Å². The molecule has 36 heavy (non-hydrogen) atoms. The number of alkyl carbamates (subject to hydrolysis) is 1. The van der Waals surface area contributed by atoms with Crippen molar-refractivity contribution in [2.75, 3.05) is 6.61 Å². The first kappa shape index (κ1) is 24.7. The normalized spacial score (nSPS) is 13.6. The molecule has 2 atom stereocenters. The van der Waals surface area contributed by atoms with Crippen LogP contribution >= 0.6 is 0 Å². The summed E-state index contributed by atoms with van der Waals surface area (Å²) < 4.78 is 10.8. The van der Waals surface area contributed by atoms with E-state index in [2.05, 4.69) is 22.8 Å². The highest BCUT2D eigenvalue weighted by Crippen LogP contribution is 2.44. The average molecular weight is 490 g/mol. The summed E-state index contributed by atoms with van der Waals surface area (Å²) in [5.74, 6) is -0.0534. The molecule has 3 aromatic carbocycles. The minimum atomic E-state index is -0.798. The van der Waals surface area contributed by atoms with Gasteiger partial charge in [0.1, 0.15) is 18.5 Å². The van der Waals surface area contributed by atoms with E-state index < -0.39 is 23.3 Å². The fraction of sp³-hybridized carbons (Fsp3) is 0.259. The number of hydrogen-bond donors (Lipinski definition) is 2. The minimum absolute atomic E-state index is 0.0785. The lowest BCUT2D eigenvalue weighted by Crippen LogP contribution is -2.52. The zero-order chi connectivity index (χ0) is 25.7.